The SMILES string of the molecule is O=C1C(COCc2ccccc2)NC(=O)C2(CCN(CCCc3ccccc3)CC2)N1Cc1ccco1. The third-order valence-corrected chi connectivity index (χ3v) is 7.56. The molecule has 3 heterocycles. The molecule has 1 atom stereocenters. The maximum atomic E-state index is 13.7. The summed E-state index contributed by atoms with van der Waals surface area (Å²) in [5, 5.41) is 3.00. The van der Waals surface area contributed by atoms with Gasteiger partial charge in [0, 0.05) is 13.1 Å². The van der Waals surface area contributed by atoms with Gasteiger partial charge in [-0.2, -0.15) is 0 Å². The zero-order chi connectivity index (χ0) is 25.5. The van der Waals surface area contributed by atoms with Crippen molar-refractivity contribution in [2.24, 2.45) is 0 Å². The van der Waals surface area contributed by atoms with Crippen molar-refractivity contribution < 1.29 is 18.7 Å². The van der Waals surface area contributed by atoms with E-state index in [0.717, 1.165) is 38.0 Å². The lowest BCUT2D eigenvalue weighted by Crippen LogP contribution is -2.73. The molecule has 1 N–H and O–H groups in total. The van der Waals surface area contributed by atoms with Gasteiger partial charge in [0.05, 0.1) is 26.0 Å². The number of hydrogen-bond donors (Lipinski definition) is 1. The third-order valence-electron chi connectivity index (χ3n) is 7.56. The Morgan fingerprint density at radius 2 is 1.62 bits per heavy atom. The van der Waals surface area contributed by atoms with Crippen molar-refractivity contribution in [3.8, 4) is 0 Å². The number of carbonyl (C=O) groups is 2. The fourth-order valence-corrected chi connectivity index (χ4v) is 5.44. The molecule has 5 rings (SSSR count). The number of amides is 2. The van der Waals surface area contributed by atoms with Gasteiger partial charge in [0.25, 0.3) is 0 Å². The minimum atomic E-state index is -0.865. The molecule has 7 heteroatoms. The van der Waals surface area contributed by atoms with Crippen LogP contribution >= 0.6 is 0 Å². The van der Waals surface area contributed by atoms with Crippen LogP contribution < -0.4 is 5.32 Å². The molecule has 2 saturated heterocycles. The summed E-state index contributed by atoms with van der Waals surface area (Å²) in [5.41, 5.74) is 1.51. The number of benzene rings is 2. The monoisotopic (exact) mass is 501 g/mol. The van der Waals surface area contributed by atoms with Crippen LogP contribution in [0.15, 0.2) is 83.5 Å². The topological polar surface area (TPSA) is 75.0 Å². The standard InChI is InChI=1S/C30H35N3O4/c34-28-27(23-36-22-25-11-5-2-6-12-25)31-29(35)30(33(28)21-26-14-8-20-37-26)15-18-32(19-16-30)17-7-13-24-9-3-1-4-10-24/h1-6,8-12,14,20,27H,7,13,15-19,21-23H2,(H,31,35). The molecule has 0 bridgehead atoms. The summed E-state index contributed by atoms with van der Waals surface area (Å²) in [7, 11) is 0. The molecular weight excluding hydrogens is 466 g/mol. The first-order chi connectivity index (χ1) is 18.1. The number of nitrogens with one attached hydrogen (secondary N) is 1. The molecule has 2 amide bonds. The smallest absolute Gasteiger partial charge is 0.248 e. The Morgan fingerprint density at radius 3 is 2.30 bits per heavy atom. The highest BCUT2D eigenvalue weighted by Crippen LogP contribution is 2.34. The van der Waals surface area contributed by atoms with Crippen LogP contribution in [-0.2, 0) is 33.9 Å². The lowest BCUT2D eigenvalue weighted by Gasteiger charge is -2.51. The van der Waals surface area contributed by atoms with Gasteiger partial charge in [0.15, 0.2) is 0 Å². The molecule has 2 aliphatic rings. The van der Waals surface area contributed by atoms with Crippen LogP contribution in [0.5, 0.6) is 0 Å². The lowest BCUT2D eigenvalue weighted by molar-refractivity contribution is -0.164. The number of hydrogen-bond acceptors (Lipinski definition) is 5. The summed E-state index contributed by atoms with van der Waals surface area (Å²) in [6.45, 7) is 3.34. The Kier molecular flexibility index (Phi) is 8.02. The molecule has 2 aliphatic heterocycles. The van der Waals surface area contributed by atoms with Crippen LogP contribution in [0, 0.1) is 0 Å². The lowest BCUT2D eigenvalue weighted by atomic mass is 9.81. The molecule has 3 aromatic rings. The van der Waals surface area contributed by atoms with E-state index in [2.05, 4.69) is 34.5 Å². The van der Waals surface area contributed by atoms with Crippen molar-refractivity contribution >= 4 is 11.8 Å². The highest BCUT2D eigenvalue weighted by atomic mass is 16.5. The number of piperidine rings is 1. The Hall–Kier alpha value is -3.42. The first kappa shape index (κ1) is 25.2. The molecule has 1 aromatic heterocycles. The van der Waals surface area contributed by atoms with E-state index >= 15 is 0 Å². The first-order valence-electron chi connectivity index (χ1n) is 13.2. The van der Waals surface area contributed by atoms with Gasteiger partial charge in [0.1, 0.15) is 17.3 Å². The molecular formula is C30H35N3O4. The fourth-order valence-electron chi connectivity index (χ4n) is 5.44. The maximum absolute atomic E-state index is 13.7. The van der Waals surface area contributed by atoms with E-state index in [0.29, 0.717) is 25.2 Å². The molecule has 1 spiro atoms. The highest BCUT2D eigenvalue weighted by Gasteiger charge is 2.53. The summed E-state index contributed by atoms with van der Waals surface area (Å²) in [5.74, 6) is 0.481. The van der Waals surface area contributed by atoms with Crippen molar-refractivity contribution in [2.75, 3.05) is 26.2 Å². The average molecular weight is 502 g/mol. The highest BCUT2D eigenvalue weighted by molar-refractivity contribution is 6.00. The van der Waals surface area contributed by atoms with Gasteiger partial charge in [-0.25, -0.2) is 0 Å². The van der Waals surface area contributed by atoms with Gasteiger partial charge in [-0.15, -0.1) is 0 Å². The van der Waals surface area contributed by atoms with Crippen molar-refractivity contribution in [3.63, 3.8) is 0 Å². The van der Waals surface area contributed by atoms with Crippen molar-refractivity contribution in [3.05, 3.63) is 95.9 Å². The minimum Gasteiger partial charge on any atom is -0.467 e. The normalized spacial score (nSPS) is 19.8. The Labute approximate surface area is 218 Å². The average Bonchev–Trinajstić information content (AvgIpc) is 3.45. The van der Waals surface area contributed by atoms with Crippen molar-refractivity contribution in [2.45, 2.75) is 50.4 Å². The quantitative estimate of drug-likeness (QED) is 0.458. The largest absolute Gasteiger partial charge is 0.467 e. The summed E-state index contributed by atoms with van der Waals surface area (Å²) in [4.78, 5) is 31.5. The minimum absolute atomic E-state index is 0.0871. The number of aryl methyl sites for hydroxylation is 1. The van der Waals surface area contributed by atoms with Crippen LogP contribution in [0.3, 0.4) is 0 Å². The number of likely N-dealkylation sites (tertiary alicyclic amines) is 1. The van der Waals surface area contributed by atoms with Crippen molar-refractivity contribution in [1.82, 2.24) is 15.1 Å². The third kappa shape index (κ3) is 5.95. The van der Waals surface area contributed by atoms with Gasteiger partial charge in [-0.3, -0.25) is 9.59 Å². The number of carbonyl (C=O) groups excluding carboxylic acids is 2. The predicted molar refractivity (Wildman–Crippen MR) is 140 cm³/mol. The van der Waals surface area contributed by atoms with Crippen LogP contribution in [0.25, 0.3) is 0 Å². The molecule has 0 aliphatic carbocycles. The number of ether oxygens (including phenoxy) is 1. The van der Waals surface area contributed by atoms with E-state index in [1.54, 1.807) is 11.2 Å². The van der Waals surface area contributed by atoms with Crippen LogP contribution in [0.4, 0.5) is 0 Å². The summed E-state index contributed by atoms with van der Waals surface area (Å²) < 4.78 is 11.4. The molecule has 194 valence electrons. The summed E-state index contributed by atoms with van der Waals surface area (Å²) >= 11 is 0. The van der Waals surface area contributed by atoms with E-state index in [-0.39, 0.29) is 25.0 Å². The second-order valence-corrected chi connectivity index (χ2v) is 9.99. The fraction of sp³-hybridized carbons (Fsp3) is 0.400. The van der Waals surface area contributed by atoms with E-state index in [1.165, 1.54) is 5.56 Å². The first-order valence-corrected chi connectivity index (χ1v) is 13.2. The molecule has 0 saturated carbocycles. The number of nitrogens with zero attached hydrogens (tertiary/aromatic N) is 2. The van der Waals surface area contributed by atoms with Gasteiger partial charge >= 0.3 is 0 Å². The number of piperazine rings is 1. The Morgan fingerprint density at radius 1 is 0.919 bits per heavy atom. The molecule has 1 unspecified atom stereocenters. The molecule has 2 aromatic carbocycles. The molecule has 7 nitrogen and oxygen atoms in total. The Balaban J connectivity index is 1.22. The molecule has 37 heavy (non-hydrogen) atoms. The second-order valence-electron chi connectivity index (χ2n) is 9.99. The summed E-state index contributed by atoms with van der Waals surface area (Å²) in [6.07, 6.45) is 4.92. The number of furan rings is 1. The van der Waals surface area contributed by atoms with E-state index in [4.69, 9.17) is 9.15 Å². The predicted octanol–water partition coefficient (Wildman–Crippen LogP) is 3.79. The van der Waals surface area contributed by atoms with Crippen LogP contribution in [0.1, 0.15) is 36.1 Å². The van der Waals surface area contributed by atoms with Crippen LogP contribution in [0.2, 0.25) is 0 Å². The van der Waals surface area contributed by atoms with Gasteiger partial charge in [0.2, 0.25) is 11.8 Å². The van der Waals surface area contributed by atoms with E-state index in [9.17, 15) is 9.59 Å². The second kappa shape index (κ2) is 11.8. The van der Waals surface area contributed by atoms with Crippen molar-refractivity contribution in [1.29, 1.82) is 0 Å². The van der Waals surface area contributed by atoms with Gasteiger partial charge in [-0.1, -0.05) is 60.7 Å². The zero-order valence-electron chi connectivity index (χ0n) is 21.2. The molecule has 2 fully saturated rings. The Bertz CT molecular complexity index is 1140. The maximum Gasteiger partial charge on any atom is 0.248 e. The van der Waals surface area contributed by atoms with Crippen LogP contribution in [-0.4, -0.2) is 59.4 Å². The van der Waals surface area contributed by atoms with E-state index < -0.39 is 11.6 Å². The number of rotatable bonds is 10. The molecule has 0 radical (unpaired) electrons. The summed E-state index contributed by atoms with van der Waals surface area (Å²) in [6, 6.07) is 23.3. The van der Waals surface area contributed by atoms with Gasteiger partial charge in [-0.05, 0) is 55.5 Å². The zero-order valence-corrected chi connectivity index (χ0v) is 21.2. The van der Waals surface area contributed by atoms with Gasteiger partial charge < -0.3 is 24.3 Å². The van der Waals surface area contributed by atoms with E-state index in [1.807, 2.05) is 48.5 Å².